The lowest BCUT2D eigenvalue weighted by Crippen LogP contribution is -2.36. The van der Waals surface area contributed by atoms with Gasteiger partial charge < -0.3 is 14.8 Å². The summed E-state index contributed by atoms with van der Waals surface area (Å²) in [6, 6.07) is 23.2. The Labute approximate surface area is 180 Å². The van der Waals surface area contributed by atoms with Crippen LogP contribution in [0.1, 0.15) is 12.6 Å². The molecule has 6 nitrogen and oxygen atoms in total. The molecule has 1 atom stereocenters. The van der Waals surface area contributed by atoms with Gasteiger partial charge in [0.1, 0.15) is 17.8 Å². The van der Waals surface area contributed by atoms with Crippen LogP contribution in [-0.2, 0) is 11.3 Å². The van der Waals surface area contributed by atoms with E-state index in [9.17, 15) is 4.79 Å². The van der Waals surface area contributed by atoms with Crippen LogP contribution in [0.4, 0.5) is 0 Å². The molecule has 1 heterocycles. The number of carbonyl (C=O) groups excluding carboxylic acids is 1. The van der Waals surface area contributed by atoms with Gasteiger partial charge in [-0.1, -0.05) is 36.4 Å². The molecule has 1 aromatic heterocycles. The molecule has 0 fully saturated rings. The molecule has 0 aliphatic rings. The third-order valence-corrected chi connectivity index (χ3v) is 4.98. The van der Waals surface area contributed by atoms with Crippen molar-refractivity contribution in [1.29, 1.82) is 0 Å². The number of benzene rings is 3. The quantitative estimate of drug-likeness (QED) is 0.486. The first kappa shape index (κ1) is 20.3. The predicted molar refractivity (Wildman–Crippen MR) is 120 cm³/mol. The van der Waals surface area contributed by atoms with Crippen LogP contribution in [0.3, 0.4) is 0 Å². The number of rotatable bonds is 7. The standard InChI is InChI=1S/C25H23N3O3/c1-17(31-24-9-5-7-18-6-3-4-8-22(18)24)25(29)26-15-20-14-23(28-16-27-20)19-10-12-21(30-2)13-11-19/h3-14,16-17H,15H2,1-2H3,(H,26,29). The van der Waals surface area contributed by atoms with E-state index in [4.69, 9.17) is 9.47 Å². The van der Waals surface area contributed by atoms with Crippen molar-refractivity contribution in [3.05, 3.63) is 84.8 Å². The molecule has 0 aliphatic carbocycles. The van der Waals surface area contributed by atoms with Gasteiger partial charge >= 0.3 is 0 Å². The van der Waals surface area contributed by atoms with Crippen LogP contribution in [0, 0.1) is 0 Å². The second kappa shape index (κ2) is 9.26. The Bertz CT molecular complexity index is 1190. The van der Waals surface area contributed by atoms with Crippen LogP contribution < -0.4 is 14.8 Å². The second-order valence-corrected chi connectivity index (χ2v) is 7.08. The summed E-state index contributed by atoms with van der Waals surface area (Å²) < 4.78 is 11.1. The zero-order valence-corrected chi connectivity index (χ0v) is 17.4. The van der Waals surface area contributed by atoms with Gasteiger partial charge in [0.25, 0.3) is 5.91 Å². The number of amides is 1. The van der Waals surface area contributed by atoms with E-state index in [1.165, 1.54) is 6.33 Å². The minimum Gasteiger partial charge on any atom is -0.497 e. The minimum absolute atomic E-state index is 0.211. The smallest absolute Gasteiger partial charge is 0.261 e. The lowest BCUT2D eigenvalue weighted by atomic mass is 10.1. The van der Waals surface area contributed by atoms with E-state index < -0.39 is 6.10 Å². The Morgan fingerprint density at radius 2 is 1.77 bits per heavy atom. The third kappa shape index (κ3) is 4.80. The van der Waals surface area contributed by atoms with Crippen molar-refractivity contribution in [3.8, 4) is 22.8 Å². The fourth-order valence-electron chi connectivity index (χ4n) is 3.28. The lowest BCUT2D eigenvalue weighted by molar-refractivity contribution is -0.127. The van der Waals surface area contributed by atoms with Crippen molar-refractivity contribution in [3.63, 3.8) is 0 Å². The van der Waals surface area contributed by atoms with Crippen molar-refractivity contribution in [2.75, 3.05) is 7.11 Å². The maximum Gasteiger partial charge on any atom is 0.261 e. The van der Waals surface area contributed by atoms with Gasteiger partial charge in [0.15, 0.2) is 6.10 Å². The predicted octanol–water partition coefficient (Wildman–Crippen LogP) is 4.39. The molecule has 0 radical (unpaired) electrons. The molecular formula is C25H23N3O3. The Balaban J connectivity index is 1.40. The molecule has 1 N–H and O–H groups in total. The van der Waals surface area contributed by atoms with Crippen molar-refractivity contribution in [2.45, 2.75) is 19.6 Å². The first-order chi connectivity index (χ1) is 15.1. The first-order valence-corrected chi connectivity index (χ1v) is 10.0. The average Bonchev–Trinajstić information content (AvgIpc) is 2.83. The second-order valence-electron chi connectivity index (χ2n) is 7.08. The van der Waals surface area contributed by atoms with Crippen LogP contribution in [0.15, 0.2) is 79.1 Å². The monoisotopic (exact) mass is 413 g/mol. The SMILES string of the molecule is COc1ccc(-c2cc(CNC(=O)C(C)Oc3cccc4ccccc34)ncn2)cc1. The van der Waals surface area contributed by atoms with Crippen molar-refractivity contribution < 1.29 is 14.3 Å². The molecule has 1 amide bonds. The molecule has 1 unspecified atom stereocenters. The van der Waals surface area contributed by atoms with Gasteiger partial charge in [-0.15, -0.1) is 0 Å². The number of hydrogen-bond donors (Lipinski definition) is 1. The van der Waals surface area contributed by atoms with Gasteiger partial charge in [0, 0.05) is 10.9 Å². The molecule has 156 valence electrons. The van der Waals surface area contributed by atoms with Gasteiger partial charge in [0.2, 0.25) is 0 Å². The Morgan fingerprint density at radius 1 is 1.00 bits per heavy atom. The topological polar surface area (TPSA) is 73.3 Å². The Hall–Kier alpha value is -3.93. The van der Waals surface area contributed by atoms with Crippen LogP contribution in [0.2, 0.25) is 0 Å². The van der Waals surface area contributed by atoms with Crippen molar-refractivity contribution in [2.24, 2.45) is 0 Å². The number of carbonyl (C=O) groups is 1. The summed E-state index contributed by atoms with van der Waals surface area (Å²) >= 11 is 0. The number of fused-ring (bicyclic) bond motifs is 1. The molecule has 31 heavy (non-hydrogen) atoms. The highest BCUT2D eigenvalue weighted by Gasteiger charge is 2.16. The van der Waals surface area contributed by atoms with E-state index in [0.717, 1.165) is 27.8 Å². The molecule has 0 aliphatic heterocycles. The molecule has 0 saturated carbocycles. The largest absolute Gasteiger partial charge is 0.497 e. The van der Waals surface area contributed by atoms with Crippen LogP contribution in [-0.4, -0.2) is 29.1 Å². The van der Waals surface area contributed by atoms with E-state index in [1.807, 2.05) is 72.8 Å². The maximum absolute atomic E-state index is 12.6. The molecule has 4 rings (SSSR count). The number of nitrogens with one attached hydrogen (secondary N) is 1. The van der Waals surface area contributed by atoms with E-state index in [1.54, 1.807) is 14.0 Å². The molecule has 6 heteroatoms. The fraction of sp³-hybridized carbons (Fsp3) is 0.160. The number of aromatic nitrogens is 2. The van der Waals surface area contributed by atoms with Crippen LogP contribution in [0.5, 0.6) is 11.5 Å². The van der Waals surface area contributed by atoms with E-state index in [0.29, 0.717) is 11.4 Å². The number of methoxy groups -OCH3 is 1. The van der Waals surface area contributed by atoms with Crippen LogP contribution >= 0.6 is 0 Å². The zero-order chi connectivity index (χ0) is 21.6. The van der Waals surface area contributed by atoms with Crippen LogP contribution in [0.25, 0.3) is 22.0 Å². The Morgan fingerprint density at radius 3 is 2.58 bits per heavy atom. The highest BCUT2D eigenvalue weighted by Crippen LogP contribution is 2.26. The van der Waals surface area contributed by atoms with E-state index in [2.05, 4.69) is 15.3 Å². The fourth-order valence-corrected chi connectivity index (χ4v) is 3.28. The first-order valence-electron chi connectivity index (χ1n) is 10.0. The summed E-state index contributed by atoms with van der Waals surface area (Å²) in [6.07, 6.45) is 0.852. The van der Waals surface area contributed by atoms with E-state index in [-0.39, 0.29) is 12.5 Å². The summed E-state index contributed by atoms with van der Waals surface area (Å²) in [5, 5.41) is 4.94. The maximum atomic E-state index is 12.6. The van der Waals surface area contributed by atoms with E-state index >= 15 is 0 Å². The zero-order valence-electron chi connectivity index (χ0n) is 17.4. The highest BCUT2D eigenvalue weighted by molar-refractivity contribution is 5.89. The number of nitrogens with zero attached hydrogens (tertiary/aromatic N) is 2. The summed E-state index contributed by atoms with van der Waals surface area (Å²) in [7, 11) is 1.63. The minimum atomic E-state index is -0.645. The molecule has 0 bridgehead atoms. The normalized spacial score (nSPS) is 11.7. The summed E-state index contributed by atoms with van der Waals surface area (Å²) in [6.45, 7) is 2.02. The van der Waals surface area contributed by atoms with Gasteiger partial charge in [-0.05, 0) is 48.7 Å². The molecular weight excluding hydrogens is 390 g/mol. The number of hydrogen-bond acceptors (Lipinski definition) is 5. The van der Waals surface area contributed by atoms with Gasteiger partial charge in [-0.25, -0.2) is 9.97 Å². The van der Waals surface area contributed by atoms with Crippen molar-refractivity contribution >= 4 is 16.7 Å². The summed E-state index contributed by atoms with van der Waals surface area (Å²) in [5.74, 6) is 1.26. The molecule has 3 aromatic carbocycles. The third-order valence-electron chi connectivity index (χ3n) is 4.98. The summed E-state index contributed by atoms with van der Waals surface area (Å²) in [5.41, 5.74) is 2.44. The molecule has 4 aromatic rings. The van der Waals surface area contributed by atoms with Crippen molar-refractivity contribution in [1.82, 2.24) is 15.3 Å². The average molecular weight is 413 g/mol. The number of ether oxygens (including phenoxy) is 2. The van der Waals surface area contributed by atoms with Gasteiger partial charge in [0.05, 0.1) is 25.0 Å². The van der Waals surface area contributed by atoms with Gasteiger partial charge in [-0.2, -0.15) is 0 Å². The lowest BCUT2D eigenvalue weighted by Gasteiger charge is -2.16. The van der Waals surface area contributed by atoms with Gasteiger partial charge in [-0.3, -0.25) is 4.79 Å². The molecule has 0 spiro atoms. The Kier molecular flexibility index (Phi) is 6.08. The highest BCUT2D eigenvalue weighted by atomic mass is 16.5. The molecule has 0 saturated heterocycles. The summed E-state index contributed by atoms with van der Waals surface area (Å²) in [4.78, 5) is 21.2.